The first-order chi connectivity index (χ1) is 22.1. The maximum absolute atomic E-state index is 3.60. The van der Waals surface area contributed by atoms with Gasteiger partial charge in [-0.3, -0.25) is 0 Å². The SMILES string of the molecule is CC(C)C1=CC2=C(c3ccc(C(C)(C)C)cc3)C(C)SC2=[C-]1.Cc1cc2c(-c3ccccc3)cc(-c3ccccc3)cc2[cH-]1.Cl.Cl.[CH3-].[CH3-].[Si]=[Zr]. The predicted molar refractivity (Wildman–Crippen MR) is 227 cm³/mol. The van der Waals surface area contributed by atoms with Crippen LogP contribution < -0.4 is 0 Å². The van der Waals surface area contributed by atoms with Gasteiger partial charge in [0.2, 0.25) is 0 Å². The fourth-order valence-electron chi connectivity index (χ4n) is 6.18. The number of hydrogen-bond donors (Lipinski definition) is 0. The summed E-state index contributed by atoms with van der Waals surface area (Å²) in [6.45, 7) is 18.8. The van der Waals surface area contributed by atoms with Crippen LogP contribution in [0, 0.1) is 33.8 Å². The van der Waals surface area contributed by atoms with Gasteiger partial charge in [-0.05, 0) is 40.5 Å². The average Bonchev–Trinajstić information content (AvgIpc) is 3.73. The molecule has 1 aliphatic carbocycles. The van der Waals surface area contributed by atoms with E-state index >= 15 is 0 Å². The summed E-state index contributed by atoms with van der Waals surface area (Å²) in [5.74, 6) is 0.547. The van der Waals surface area contributed by atoms with E-state index in [9.17, 15) is 0 Å². The first-order valence-corrected chi connectivity index (χ1v) is 21.1. The summed E-state index contributed by atoms with van der Waals surface area (Å²) in [5, 5.41) is 3.17. The Morgan fingerprint density at radius 2 is 1.32 bits per heavy atom. The van der Waals surface area contributed by atoms with Crippen molar-refractivity contribution >= 4 is 59.8 Å². The molecular formula is C45H50Cl2SSiZr-4. The summed E-state index contributed by atoms with van der Waals surface area (Å²) < 4.78 is 0. The normalized spacial score (nSPS) is 14.3. The molecule has 0 N–H and O–H groups in total. The van der Waals surface area contributed by atoms with Gasteiger partial charge < -0.3 is 14.9 Å². The van der Waals surface area contributed by atoms with Crippen LogP contribution in [0.15, 0.2) is 131 Å². The Morgan fingerprint density at radius 1 is 0.760 bits per heavy atom. The number of halogens is 2. The quantitative estimate of drug-likeness (QED) is 0.129. The van der Waals surface area contributed by atoms with Crippen LogP contribution in [-0.2, 0) is 28.8 Å². The fourth-order valence-corrected chi connectivity index (χ4v) is 7.39. The summed E-state index contributed by atoms with van der Waals surface area (Å²) in [4.78, 5) is 1.34. The first kappa shape index (κ1) is 45.8. The standard InChI is InChI=1S/C22H17.C21H25S.2CH3.2ClH.Si.Zr/c1-16-12-20-14-19(17-8-4-2-5-9-17)15-22(21(20)13-16)18-10-6-3-7-11-18;1-13(2)16-11-18-19(12-16)22-14(3)20(18)15-7-9-17(10-8-15)21(4,5)6;;;;;;/h2-15H,1H3;7-11,13-14H,1-6H3;2*1H3;2*1H;;/q4*-1;;;;. The van der Waals surface area contributed by atoms with Crippen LogP contribution in [0.4, 0.5) is 0 Å². The van der Waals surface area contributed by atoms with Crippen molar-refractivity contribution in [1.82, 2.24) is 0 Å². The zero-order valence-corrected chi connectivity index (χ0v) is 36.8. The molecule has 7 rings (SSSR count). The zero-order valence-electron chi connectivity index (χ0n) is 30.8. The second-order valence-electron chi connectivity index (χ2n) is 13.4. The Bertz CT molecular complexity index is 1910. The molecule has 2 aliphatic rings. The van der Waals surface area contributed by atoms with Gasteiger partial charge in [0.25, 0.3) is 0 Å². The van der Waals surface area contributed by atoms with E-state index in [1.165, 1.54) is 94.7 Å². The Hall–Kier alpha value is -2.26. The minimum absolute atomic E-state index is 0. The molecule has 0 amide bonds. The van der Waals surface area contributed by atoms with Crippen molar-refractivity contribution in [2.24, 2.45) is 5.92 Å². The molecule has 5 aromatic rings. The molecule has 0 spiro atoms. The average molecular weight is 813 g/mol. The molecule has 0 saturated heterocycles. The monoisotopic (exact) mass is 810 g/mol. The van der Waals surface area contributed by atoms with Crippen molar-refractivity contribution in [3.63, 3.8) is 0 Å². The predicted octanol–water partition coefficient (Wildman–Crippen LogP) is 13.7. The molecule has 2 radical (unpaired) electrons. The molecule has 1 heterocycles. The van der Waals surface area contributed by atoms with Gasteiger partial charge in [-0.15, -0.1) is 69.9 Å². The minimum atomic E-state index is 0. The van der Waals surface area contributed by atoms with Crippen LogP contribution in [0.2, 0.25) is 0 Å². The Morgan fingerprint density at radius 3 is 1.86 bits per heavy atom. The van der Waals surface area contributed by atoms with Crippen LogP contribution in [0.3, 0.4) is 0 Å². The van der Waals surface area contributed by atoms with Crippen molar-refractivity contribution in [3.8, 4) is 22.3 Å². The molecule has 262 valence electrons. The maximum atomic E-state index is 3.60. The molecule has 50 heavy (non-hydrogen) atoms. The van der Waals surface area contributed by atoms with E-state index in [2.05, 4.69) is 177 Å². The van der Waals surface area contributed by atoms with Crippen LogP contribution in [0.5, 0.6) is 0 Å². The van der Waals surface area contributed by atoms with E-state index in [1.807, 2.05) is 11.8 Å². The second kappa shape index (κ2) is 20.1. The van der Waals surface area contributed by atoms with E-state index in [1.54, 1.807) is 0 Å². The summed E-state index contributed by atoms with van der Waals surface area (Å²) in [5.41, 5.74) is 13.6. The topological polar surface area (TPSA) is 0 Å². The number of rotatable bonds is 4. The Kier molecular flexibility index (Phi) is 18.4. The summed E-state index contributed by atoms with van der Waals surface area (Å²) >= 11 is 3.30. The van der Waals surface area contributed by atoms with Crippen molar-refractivity contribution in [2.45, 2.75) is 59.1 Å². The van der Waals surface area contributed by atoms with Crippen molar-refractivity contribution in [1.29, 1.82) is 0 Å². The van der Waals surface area contributed by atoms with Crippen LogP contribution >= 0.6 is 36.6 Å². The van der Waals surface area contributed by atoms with Crippen molar-refractivity contribution in [3.05, 3.63) is 169 Å². The molecule has 5 aromatic carbocycles. The van der Waals surface area contributed by atoms with E-state index in [0.29, 0.717) is 11.2 Å². The van der Waals surface area contributed by atoms with E-state index < -0.39 is 0 Å². The van der Waals surface area contributed by atoms with Crippen molar-refractivity contribution < 1.29 is 23.3 Å². The number of benzene rings is 4. The van der Waals surface area contributed by atoms with Gasteiger partial charge in [-0.2, -0.15) is 23.3 Å². The fraction of sp³-hybridized carbons (Fsp3) is 0.222. The molecule has 1 aliphatic heterocycles. The first-order valence-electron chi connectivity index (χ1n) is 16.0. The third-order valence-electron chi connectivity index (χ3n) is 8.64. The molecule has 0 bridgehead atoms. The summed E-state index contributed by atoms with van der Waals surface area (Å²) in [6, 6.07) is 39.6. The number of allylic oxidation sites excluding steroid dienone is 4. The third-order valence-corrected chi connectivity index (χ3v) is 9.78. The molecule has 0 aromatic heterocycles. The molecule has 0 nitrogen and oxygen atoms in total. The van der Waals surface area contributed by atoms with Crippen LogP contribution in [0.1, 0.15) is 58.2 Å². The van der Waals surface area contributed by atoms with Gasteiger partial charge in [-0.25, -0.2) is 6.08 Å². The Labute approximate surface area is 336 Å². The zero-order chi connectivity index (χ0) is 33.0. The molecule has 1 unspecified atom stereocenters. The van der Waals surface area contributed by atoms with Crippen LogP contribution in [0.25, 0.3) is 38.6 Å². The van der Waals surface area contributed by atoms with E-state index in [4.69, 9.17) is 0 Å². The number of aryl methyl sites for hydroxylation is 1. The number of hydrogen-bond acceptors (Lipinski definition) is 1. The molecule has 0 saturated carbocycles. The van der Waals surface area contributed by atoms with Crippen molar-refractivity contribution in [2.75, 3.05) is 0 Å². The van der Waals surface area contributed by atoms with E-state index in [-0.39, 0.29) is 45.1 Å². The van der Waals surface area contributed by atoms with Gasteiger partial charge in [0, 0.05) is 5.25 Å². The molecule has 5 heteroatoms. The van der Waals surface area contributed by atoms with E-state index in [0.717, 1.165) is 0 Å². The van der Waals surface area contributed by atoms with Gasteiger partial charge >= 0.3 is 30.2 Å². The van der Waals surface area contributed by atoms with Crippen LogP contribution in [-0.4, -0.2) is 12.1 Å². The summed E-state index contributed by atoms with van der Waals surface area (Å²) in [7, 11) is 0. The van der Waals surface area contributed by atoms with Gasteiger partial charge in [0.05, 0.1) is 0 Å². The van der Waals surface area contributed by atoms with Gasteiger partial charge in [0.15, 0.2) is 0 Å². The number of fused-ring (bicyclic) bond motifs is 2. The Balaban J connectivity index is 0.000000443. The molecular weight excluding hydrogens is 763 g/mol. The second-order valence-corrected chi connectivity index (χ2v) is 14.8. The summed E-state index contributed by atoms with van der Waals surface area (Å²) in [6.07, 6.45) is 5.95. The third kappa shape index (κ3) is 10.4. The van der Waals surface area contributed by atoms with Gasteiger partial charge in [-0.1, -0.05) is 149 Å². The molecule has 1 atom stereocenters. The number of thioether (sulfide) groups is 1. The molecule has 0 fully saturated rings. The van der Waals surface area contributed by atoms with Gasteiger partial charge in [0.1, 0.15) is 0 Å².